The van der Waals surface area contributed by atoms with Gasteiger partial charge in [0.15, 0.2) is 0 Å². The summed E-state index contributed by atoms with van der Waals surface area (Å²) in [5, 5.41) is 2.95. The molecule has 0 aliphatic heterocycles. The molecule has 1 N–H and O–H groups in total. The van der Waals surface area contributed by atoms with Crippen molar-refractivity contribution in [2.45, 2.75) is 63.7 Å². The van der Waals surface area contributed by atoms with Crippen LogP contribution in [0, 0.1) is 0 Å². The quantitative estimate of drug-likeness (QED) is 0.405. The third kappa shape index (κ3) is 8.54. The molecule has 0 aromatic carbocycles. The van der Waals surface area contributed by atoms with E-state index in [9.17, 15) is 4.79 Å². The van der Waals surface area contributed by atoms with Crippen molar-refractivity contribution in [3.8, 4) is 0 Å². The average Bonchev–Trinajstić information content (AvgIpc) is 2.15. The van der Waals surface area contributed by atoms with Gasteiger partial charge in [-0.15, -0.1) is 0 Å². The Hall–Kier alpha value is -0.0500. The minimum absolute atomic E-state index is 0.163. The first-order valence-electron chi connectivity index (χ1n) is 5.64. The maximum absolute atomic E-state index is 11.4. The molecule has 0 aromatic rings. The fourth-order valence-electron chi connectivity index (χ4n) is 1.24. The van der Waals surface area contributed by atoms with Gasteiger partial charge in [-0.05, 0) is 12.8 Å². The lowest BCUT2D eigenvalue weighted by atomic mass is 10.2. The zero-order valence-electron chi connectivity index (χ0n) is 9.31. The maximum atomic E-state index is 11.4. The molecule has 0 saturated carbocycles. The van der Waals surface area contributed by atoms with Gasteiger partial charge in [-0.25, -0.2) is 0 Å². The molecule has 0 fully saturated rings. The van der Waals surface area contributed by atoms with E-state index in [2.05, 4.69) is 35.1 Å². The second kappa shape index (κ2) is 9.50. The smallest absolute Gasteiger partial charge is 0.220 e. The number of halogens is 1. The molecule has 84 valence electrons. The average molecular weight is 264 g/mol. The van der Waals surface area contributed by atoms with Crippen molar-refractivity contribution in [1.82, 2.24) is 5.32 Å². The minimum atomic E-state index is 0.163. The molecule has 3 heteroatoms. The van der Waals surface area contributed by atoms with Crippen LogP contribution in [0.4, 0.5) is 0 Å². The van der Waals surface area contributed by atoms with Gasteiger partial charge in [-0.2, -0.15) is 0 Å². The molecule has 0 aliphatic rings. The molecule has 1 amide bonds. The van der Waals surface area contributed by atoms with Crippen molar-refractivity contribution in [1.29, 1.82) is 0 Å². The van der Waals surface area contributed by atoms with Crippen molar-refractivity contribution >= 4 is 21.8 Å². The largest absolute Gasteiger partial charge is 0.344 e. The van der Waals surface area contributed by atoms with Gasteiger partial charge >= 0.3 is 0 Å². The van der Waals surface area contributed by atoms with Gasteiger partial charge in [0.1, 0.15) is 0 Å². The lowest BCUT2D eigenvalue weighted by molar-refractivity contribution is -0.121. The number of unbranched alkanes of at least 4 members (excludes halogenated alkanes) is 3. The monoisotopic (exact) mass is 263 g/mol. The highest BCUT2D eigenvalue weighted by Crippen LogP contribution is 2.07. The summed E-state index contributed by atoms with van der Waals surface area (Å²) >= 11 is 3.46. The molecule has 0 spiro atoms. The van der Waals surface area contributed by atoms with Crippen LogP contribution >= 0.6 is 15.9 Å². The van der Waals surface area contributed by atoms with E-state index >= 15 is 0 Å². The molecule has 14 heavy (non-hydrogen) atoms. The van der Waals surface area contributed by atoms with Crippen LogP contribution < -0.4 is 5.32 Å². The molecular weight excluding hydrogens is 242 g/mol. The van der Waals surface area contributed by atoms with Crippen LogP contribution in [0.15, 0.2) is 0 Å². The molecule has 0 radical (unpaired) electrons. The number of amides is 1. The van der Waals surface area contributed by atoms with E-state index in [0.29, 0.717) is 6.42 Å². The fraction of sp³-hybridized carbons (Fsp3) is 0.909. The molecule has 0 aromatic heterocycles. The lowest BCUT2D eigenvalue weighted by Crippen LogP contribution is -2.30. The van der Waals surface area contributed by atoms with Crippen molar-refractivity contribution in [3.63, 3.8) is 0 Å². The topological polar surface area (TPSA) is 29.1 Å². The molecule has 0 saturated heterocycles. The first kappa shape index (κ1) is 13.9. The SMILES string of the molecule is CCCCCC(=O)NC(Br)CCCC. The van der Waals surface area contributed by atoms with Crippen molar-refractivity contribution in [2.75, 3.05) is 0 Å². The van der Waals surface area contributed by atoms with E-state index in [1.807, 2.05) is 0 Å². The van der Waals surface area contributed by atoms with Gasteiger partial charge in [0.05, 0.1) is 4.95 Å². The first-order valence-corrected chi connectivity index (χ1v) is 6.55. The van der Waals surface area contributed by atoms with Crippen molar-refractivity contribution in [2.24, 2.45) is 0 Å². The zero-order valence-corrected chi connectivity index (χ0v) is 10.9. The normalized spacial score (nSPS) is 12.5. The Morgan fingerprint density at radius 2 is 1.86 bits per heavy atom. The summed E-state index contributed by atoms with van der Waals surface area (Å²) in [6.45, 7) is 4.30. The Balaban J connectivity index is 3.40. The zero-order chi connectivity index (χ0) is 10.8. The van der Waals surface area contributed by atoms with E-state index < -0.39 is 0 Å². The van der Waals surface area contributed by atoms with Gasteiger partial charge < -0.3 is 5.32 Å². The molecule has 1 atom stereocenters. The second-order valence-corrected chi connectivity index (χ2v) is 4.74. The Bertz CT molecular complexity index is 150. The minimum Gasteiger partial charge on any atom is -0.344 e. The van der Waals surface area contributed by atoms with Crippen LogP contribution in [0.2, 0.25) is 0 Å². The van der Waals surface area contributed by atoms with Crippen LogP contribution in [0.3, 0.4) is 0 Å². The van der Waals surface area contributed by atoms with Crippen LogP contribution in [-0.4, -0.2) is 10.9 Å². The van der Waals surface area contributed by atoms with Gasteiger partial charge in [-0.1, -0.05) is 55.5 Å². The van der Waals surface area contributed by atoms with E-state index in [4.69, 9.17) is 0 Å². The van der Waals surface area contributed by atoms with Crippen molar-refractivity contribution < 1.29 is 4.79 Å². The van der Waals surface area contributed by atoms with E-state index in [1.54, 1.807) is 0 Å². The number of nitrogens with one attached hydrogen (secondary N) is 1. The standard InChI is InChI=1S/C11H22BrNO/c1-3-5-7-9-11(14)13-10(12)8-6-4-2/h10H,3-9H2,1-2H3,(H,13,14). The maximum Gasteiger partial charge on any atom is 0.220 e. The number of hydrogen-bond donors (Lipinski definition) is 1. The highest BCUT2D eigenvalue weighted by molar-refractivity contribution is 9.09. The molecule has 2 nitrogen and oxygen atoms in total. The van der Waals surface area contributed by atoms with E-state index in [-0.39, 0.29) is 10.9 Å². The third-order valence-corrected chi connectivity index (χ3v) is 2.82. The molecule has 0 bridgehead atoms. The van der Waals surface area contributed by atoms with Crippen molar-refractivity contribution in [3.05, 3.63) is 0 Å². The molecule has 1 unspecified atom stereocenters. The summed E-state index contributed by atoms with van der Waals surface area (Å²) in [6.07, 6.45) is 7.35. The molecule has 0 heterocycles. The number of carbonyl (C=O) groups excluding carboxylic acids is 1. The van der Waals surface area contributed by atoms with E-state index in [1.165, 1.54) is 12.8 Å². The van der Waals surface area contributed by atoms with Gasteiger partial charge in [0, 0.05) is 6.42 Å². The summed E-state index contributed by atoms with van der Waals surface area (Å²) in [7, 11) is 0. The Morgan fingerprint density at radius 1 is 1.21 bits per heavy atom. The predicted octanol–water partition coefficient (Wildman–Crippen LogP) is 3.59. The number of alkyl halides is 1. The van der Waals surface area contributed by atoms with Crippen LogP contribution in [0.1, 0.15) is 58.8 Å². The molecule has 0 aliphatic carbocycles. The number of rotatable bonds is 8. The van der Waals surface area contributed by atoms with Crippen LogP contribution in [-0.2, 0) is 4.79 Å². The third-order valence-electron chi connectivity index (χ3n) is 2.14. The summed E-state index contributed by atoms with van der Waals surface area (Å²) < 4.78 is 0. The fourth-order valence-corrected chi connectivity index (χ4v) is 1.82. The Kier molecular flexibility index (Phi) is 9.47. The predicted molar refractivity (Wildman–Crippen MR) is 64.5 cm³/mol. The molecular formula is C11H22BrNO. The highest BCUT2D eigenvalue weighted by atomic mass is 79.9. The van der Waals surface area contributed by atoms with Crippen LogP contribution in [0.5, 0.6) is 0 Å². The van der Waals surface area contributed by atoms with Gasteiger partial charge in [0.25, 0.3) is 0 Å². The lowest BCUT2D eigenvalue weighted by Gasteiger charge is -2.11. The van der Waals surface area contributed by atoms with E-state index in [0.717, 1.165) is 25.7 Å². The summed E-state index contributed by atoms with van der Waals surface area (Å²) in [5.41, 5.74) is 0. The summed E-state index contributed by atoms with van der Waals surface area (Å²) in [5.74, 6) is 0.177. The summed E-state index contributed by atoms with van der Waals surface area (Å²) in [6, 6.07) is 0. The molecule has 0 rings (SSSR count). The number of carbonyl (C=O) groups is 1. The highest BCUT2D eigenvalue weighted by Gasteiger charge is 2.07. The Labute approximate surface area is 96.0 Å². The first-order chi connectivity index (χ1) is 6.70. The van der Waals surface area contributed by atoms with Crippen LogP contribution in [0.25, 0.3) is 0 Å². The van der Waals surface area contributed by atoms with Gasteiger partial charge in [-0.3, -0.25) is 4.79 Å². The van der Waals surface area contributed by atoms with Gasteiger partial charge in [0.2, 0.25) is 5.91 Å². The number of hydrogen-bond acceptors (Lipinski definition) is 1. The second-order valence-electron chi connectivity index (χ2n) is 3.63. The summed E-state index contributed by atoms with van der Waals surface area (Å²) in [4.78, 5) is 11.5. The Morgan fingerprint density at radius 3 is 2.43 bits per heavy atom.